The van der Waals surface area contributed by atoms with E-state index in [1.54, 1.807) is 13.0 Å². The summed E-state index contributed by atoms with van der Waals surface area (Å²) in [5, 5.41) is 0. The molecule has 0 nitrogen and oxygen atoms in total. The van der Waals surface area contributed by atoms with Crippen LogP contribution in [0.2, 0.25) is 0 Å². The summed E-state index contributed by atoms with van der Waals surface area (Å²) in [4.78, 5) is 0. The van der Waals surface area contributed by atoms with E-state index in [0.717, 1.165) is 6.08 Å². The maximum absolute atomic E-state index is 12.4. The zero-order valence-corrected chi connectivity index (χ0v) is 8.28. The average molecular weight is 202 g/mol. The molecule has 14 heavy (non-hydrogen) atoms. The van der Waals surface area contributed by atoms with Crippen molar-refractivity contribution in [2.45, 2.75) is 20.0 Å². The van der Waals surface area contributed by atoms with E-state index >= 15 is 0 Å². The van der Waals surface area contributed by atoms with E-state index in [1.807, 2.05) is 0 Å². The van der Waals surface area contributed by atoms with Crippen LogP contribution in [-0.4, -0.2) is 6.18 Å². The van der Waals surface area contributed by atoms with E-state index in [2.05, 4.69) is 13.2 Å². The first kappa shape index (κ1) is 12.8. The van der Waals surface area contributed by atoms with Gasteiger partial charge in [0.05, 0.1) is 5.57 Å². The second kappa shape index (κ2) is 4.84. The zero-order valence-electron chi connectivity index (χ0n) is 8.28. The van der Waals surface area contributed by atoms with E-state index in [9.17, 15) is 13.2 Å². The Kier molecular flexibility index (Phi) is 4.41. The van der Waals surface area contributed by atoms with Crippen LogP contribution in [0.1, 0.15) is 13.8 Å². The first-order chi connectivity index (χ1) is 6.34. The van der Waals surface area contributed by atoms with E-state index < -0.39 is 11.7 Å². The van der Waals surface area contributed by atoms with Crippen LogP contribution in [0.25, 0.3) is 0 Å². The number of allylic oxidation sites excluding steroid dienone is 6. The maximum Gasteiger partial charge on any atom is 0.416 e. The van der Waals surface area contributed by atoms with Crippen molar-refractivity contribution in [3.63, 3.8) is 0 Å². The fourth-order valence-corrected chi connectivity index (χ4v) is 0.984. The molecule has 0 aliphatic heterocycles. The third kappa shape index (κ3) is 3.24. The van der Waals surface area contributed by atoms with Crippen LogP contribution in [0, 0.1) is 0 Å². The highest BCUT2D eigenvalue weighted by atomic mass is 19.4. The number of alkyl halides is 3. The standard InChI is InChI=1S/C11H13F3/c1-5-7-8(3)9(4)10(6-2)11(12,13)14/h5-7H,3-4H2,1-2H3/b7-5-,10-6+. The first-order valence-corrected chi connectivity index (χ1v) is 4.09. The SMILES string of the molecule is C=C(/C=C\C)C(=C)/C(=C\C)C(F)(F)F. The molecule has 0 aromatic carbocycles. The van der Waals surface area contributed by atoms with Crippen molar-refractivity contribution in [3.05, 3.63) is 48.1 Å². The van der Waals surface area contributed by atoms with Crippen LogP contribution in [0.4, 0.5) is 13.2 Å². The fourth-order valence-electron chi connectivity index (χ4n) is 0.984. The Morgan fingerprint density at radius 1 is 1.14 bits per heavy atom. The molecule has 0 N–H and O–H groups in total. The summed E-state index contributed by atoms with van der Waals surface area (Å²) >= 11 is 0. The lowest BCUT2D eigenvalue weighted by molar-refractivity contribution is -0.0891. The van der Waals surface area contributed by atoms with Crippen molar-refractivity contribution in [1.29, 1.82) is 0 Å². The quantitative estimate of drug-likeness (QED) is 0.602. The van der Waals surface area contributed by atoms with Crippen LogP contribution in [-0.2, 0) is 0 Å². The van der Waals surface area contributed by atoms with Crippen LogP contribution >= 0.6 is 0 Å². The van der Waals surface area contributed by atoms with Crippen molar-refractivity contribution < 1.29 is 13.2 Å². The molecule has 0 radical (unpaired) electrons. The van der Waals surface area contributed by atoms with Gasteiger partial charge >= 0.3 is 6.18 Å². The van der Waals surface area contributed by atoms with Gasteiger partial charge < -0.3 is 0 Å². The molecule has 3 heteroatoms. The monoisotopic (exact) mass is 202 g/mol. The Hall–Kier alpha value is -1.25. The van der Waals surface area contributed by atoms with Gasteiger partial charge in [0.25, 0.3) is 0 Å². The van der Waals surface area contributed by atoms with Crippen LogP contribution in [0.15, 0.2) is 48.1 Å². The van der Waals surface area contributed by atoms with Crippen LogP contribution < -0.4 is 0 Å². The number of hydrogen-bond acceptors (Lipinski definition) is 0. The Morgan fingerprint density at radius 2 is 1.64 bits per heavy atom. The molecule has 0 saturated carbocycles. The molecular formula is C11H13F3. The molecule has 0 fully saturated rings. The smallest absolute Gasteiger partial charge is 0.166 e. The molecule has 0 rings (SSSR count). The van der Waals surface area contributed by atoms with Gasteiger partial charge in [0, 0.05) is 0 Å². The van der Waals surface area contributed by atoms with Gasteiger partial charge in [0.2, 0.25) is 0 Å². The molecule has 0 saturated heterocycles. The van der Waals surface area contributed by atoms with Gasteiger partial charge in [0.1, 0.15) is 0 Å². The molecule has 0 spiro atoms. The van der Waals surface area contributed by atoms with Gasteiger partial charge in [-0.15, -0.1) is 0 Å². The summed E-state index contributed by atoms with van der Waals surface area (Å²) in [5.74, 6) is 0. The predicted molar refractivity (Wildman–Crippen MR) is 52.9 cm³/mol. The maximum atomic E-state index is 12.4. The molecular weight excluding hydrogens is 189 g/mol. The lowest BCUT2D eigenvalue weighted by Crippen LogP contribution is -2.13. The molecule has 0 amide bonds. The fraction of sp³-hybridized carbons (Fsp3) is 0.273. The van der Waals surface area contributed by atoms with E-state index in [0.29, 0.717) is 0 Å². The highest BCUT2D eigenvalue weighted by Gasteiger charge is 2.34. The molecule has 0 aliphatic rings. The third-order valence-electron chi connectivity index (χ3n) is 1.67. The molecule has 0 aromatic rings. The largest absolute Gasteiger partial charge is 0.416 e. The second-order valence-electron chi connectivity index (χ2n) is 2.70. The molecule has 0 heterocycles. The van der Waals surface area contributed by atoms with E-state index in [4.69, 9.17) is 0 Å². The minimum atomic E-state index is -4.36. The van der Waals surface area contributed by atoms with Crippen molar-refractivity contribution in [1.82, 2.24) is 0 Å². The number of hydrogen-bond donors (Lipinski definition) is 0. The van der Waals surface area contributed by atoms with Crippen molar-refractivity contribution in [3.8, 4) is 0 Å². The van der Waals surface area contributed by atoms with Gasteiger partial charge in [0.15, 0.2) is 0 Å². The molecule has 0 bridgehead atoms. The van der Waals surface area contributed by atoms with Gasteiger partial charge in [-0.1, -0.05) is 31.4 Å². The highest BCUT2D eigenvalue weighted by Crippen LogP contribution is 2.33. The second-order valence-corrected chi connectivity index (χ2v) is 2.70. The summed E-state index contributed by atoms with van der Waals surface area (Å²) < 4.78 is 37.1. The molecule has 0 aliphatic carbocycles. The topological polar surface area (TPSA) is 0 Å². The van der Waals surface area contributed by atoms with Gasteiger partial charge in [-0.05, 0) is 25.0 Å². The summed E-state index contributed by atoms with van der Waals surface area (Å²) in [7, 11) is 0. The summed E-state index contributed by atoms with van der Waals surface area (Å²) in [6.07, 6.45) is -0.248. The van der Waals surface area contributed by atoms with Crippen molar-refractivity contribution in [2.24, 2.45) is 0 Å². The molecule has 0 aromatic heterocycles. The molecule has 0 atom stereocenters. The summed E-state index contributed by atoms with van der Waals surface area (Å²) in [6, 6.07) is 0. The molecule has 78 valence electrons. The minimum absolute atomic E-state index is 0.0851. The number of halogens is 3. The van der Waals surface area contributed by atoms with Gasteiger partial charge in [-0.25, -0.2) is 0 Å². The highest BCUT2D eigenvalue weighted by molar-refractivity contribution is 5.50. The Bertz CT molecular complexity index is 290. The third-order valence-corrected chi connectivity index (χ3v) is 1.67. The van der Waals surface area contributed by atoms with Gasteiger partial charge in [-0.3, -0.25) is 0 Å². The summed E-state index contributed by atoms with van der Waals surface area (Å²) in [6.45, 7) is 9.91. The zero-order chi connectivity index (χ0) is 11.4. The Balaban J connectivity index is 4.94. The van der Waals surface area contributed by atoms with E-state index in [1.165, 1.54) is 13.0 Å². The Labute approximate surface area is 82.1 Å². The summed E-state index contributed by atoms with van der Waals surface area (Å²) in [5.41, 5.74) is -0.545. The van der Waals surface area contributed by atoms with E-state index in [-0.39, 0.29) is 11.1 Å². The lowest BCUT2D eigenvalue weighted by Gasteiger charge is -2.13. The van der Waals surface area contributed by atoms with Crippen LogP contribution in [0.5, 0.6) is 0 Å². The first-order valence-electron chi connectivity index (χ1n) is 4.09. The van der Waals surface area contributed by atoms with Crippen LogP contribution in [0.3, 0.4) is 0 Å². The molecule has 0 unspecified atom stereocenters. The Morgan fingerprint density at radius 3 is 1.93 bits per heavy atom. The predicted octanol–water partition coefficient (Wildman–Crippen LogP) is 4.18. The normalized spacial score (nSPS) is 13.4. The average Bonchev–Trinajstić information content (AvgIpc) is 2.03. The number of rotatable bonds is 3. The van der Waals surface area contributed by atoms with Crippen molar-refractivity contribution in [2.75, 3.05) is 0 Å². The van der Waals surface area contributed by atoms with Gasteiger partial charge in [-0.2, -0.15) is 13.2 Å². The minimum Gasteiger partial charge on any atom is -0.166 e. The lowest BCUT2D eigenvalue weighted by atomic mass is 10.00. The van der Waals surface area contributed by atoms with Crippen molar-refractivity contribution >= 4 is 0 Å².